The van der Waals surface area contributed by atoms with Crippen LogP contribution in [0, 0.1) is 13.8 Å². The minimum Gasteiger partial charge on any atom is -0.494 e. The molecule has 614 valence electrons. The van der Waals surface area contributed by atoms with Crippen LogP contribution in [0.25, 0.3) is 10.9 Å². The number of carboxylic acid groups (broad SMARTS) is 1. The largest absolute Gasteiger partial charge is 0.494 e. The zero-order valence-electron chi connectivity index (χ0n) is 66.7. The number of aryl methyl sites for hydroxylation is 2. The molecule has 1 fully saturated rings. The zero-order valence-corrected chi connectivity index (χ0v) is 67.6. The third kappa shape index (κ3) is 35.0. The Kier molecular flexibility index (Phi) is 35.9. The maximum absolute atomic E-state index is 14.3. The number of aliphatic carboxylic acids is 1. The molecular weight excluding hydrogens is 1450 g/mol. The average molecular weight is 1570 g/mol. The number of esters is 5. The number of nitrogens with one attached hydrogen (secondary N) is 7. The molecule has 2 aromatic carbocycles. The fraction of sp³-hybridized carbons (Fsp3) is 0.667. The van der Waals surface area contributed by atoms with Crippen LogP contribution < -0.4 is 41.4 Å². The number of rotatable bonds is 36. The Morgan fingerprint density at radius 3 is 1.59 bits per heavy atom. The molecule has 35 heteroatoms. The molecule has 3 atom stereocenters. The molecule has 34 nitrogen and oxygen atoms in total. The lowest BCUT2D eigenvalue weighted by Gasteiger charge is -2.34. The van der Waals surface area contributed by atoms with Crippen molar-refractivity contribution in [2.24, 2.45) is 4.99 Å². The van der Waals surface area contributed by atoms with Gasteiger partial charge in [-0.05, 0) is 170 Å². The van der Waals surface area contributed by atoms with Crippen molar-refractivity contribution in [1.29, 1.82) is 0 Å². The lowest BCUT2D eigenvalue weighted by molar-refractivity contribution is -0.158. The van der Waals surface area contributed by atoms with Gasteiger partial charge in [0.05, 0.1) is 68.9 Å². The third-order valence-electron chi connectivity index (χ3n) is 16.8. The number of fused-ring (bicyclic) bond motifs is 1. The molecule has 0 radical (unpaired) electrons. The molecule has 2 aliphatic heterocycles. The van der Waals surface area contributed by atoms with Crippen LogP contribution in [0.5, 0.6) is 5.75 Å². The van der Waals surface area contributed by atoms with E-state index in [9.17, 15) is 66.3 Å². The van der Waals surface area contributed by atoms with Crippen molar-refractivity contribution in [3.05, 3.63) is 53.2 Å². The van der Waals surface area contributed by atoms with E-state index in [2.05, 4.69) is 46.7 Å². The van der Waals surface area contributed by atoms with E-state index in [1.165, 1.54) is 12.1 Å². The second-order valence-electron chi connectivity index (χ2n) is 31.3. The number of amides is 5. The fourth-order valence-electron chi connectivity index (χ4n) is 11.9. The highest BCUT2D eigenvalue weighted by atomic mass is 32.2. The van der Waals surface area contributed by atoms with E-state index in [1.807, 2.05) is 19.4 Å². The minimum atomic E-state index is -4.42. The van der Waals surface area contributed by atoms with Crippen molar-refractivity contribution in [3.8, 4) is 5.75 Å². The normalized spacial score (nSPS) is 15.7. The van der Waals surface area contributed by atoms with E-state index in [4.69, 9.17) is 28.4 Å². The molecule has 0 unspecified atom stereocenters. The highest BCUT2D eigenvalue weighted by Crippen LogP contribution is 2.27. The van der Waals surface area contributed by atoms with Gasteiger partial charge in [-0.3, -0.25) is 82.0 Å². The summed E-state index contributed by atoms with van der Waals surface area (Å²) in [7, 11) is -3.33. The van der Waals surface area contributed by atoms with Crippen molar-refractivity contribution < 1.29 is 94.7 Å². The molecule has 0 aliphatic carbocycles. The van der Waals surface area contributed by atoms with E-state index in [1.54, 1.807) is 126 Å². The molecule has 110 heavy (non-hydrogen) atoms. The van der Waals surface area contributed by atoms with Crippen LogP contribution in [-0.2, 0) is 88.2 Å². The van der Waals surface area contributed by atoms with E-state index in [-0.39, 0.29) is 132 Å². The van der Waals surface area contributed by atoms with E-state index in [0.29, 0.717) is 37.3 Å². The number of carbonyl (C=O) groups excluding carboxylic acids is 10. The number of ether oxygens (including phenoxy) is 6. The summed E-state index contributed by atoms with van der Waals surface area (Å²) in [6.07, 6.45) is 3.27. The Hall–Kier alpha value is -8.90. The van der Waals surface area contributed by atoms with Gasteiger partial charge in [-0.25, -0.2) is 8.42 Å². The molecule has 1 saturated heterocycles. The summed E-state index contributed by atoms with van der Waals surface area (Å²) >= 11 is 0. The quantitative estimate of drug-likeness (QED) is 0.0236. The SMILES string of the molecule is COC(=O)[C@H](CNC(=O)c1ccc2c(cnn2CCNC2=NCCCC2)c1)NS(=O)(=O)c1c(C)cc(OCCCC(=O)NCCNC(=O)[C@H](CCC(=O)OC(C)(C)C)NC(=O)[C@H](CCC(=O)O)NC(=O)CN2CCN(CC(=O)OC(C)(C)C)CCN(CC(=O)OC(C)(C)C)CCN(CC(=O)OC(C)(C)C)CC2)cc1C. The number of nitrogens with zero attached hydrogens (tertiary/aromatic N) is 7. The summed E-state index contributed by atoms with van der Waals surface area (Å²) in [5.41, 5.74) is -1.65. The van der Waals surface area contributed by atoms with Gasteiger partial charge in [0.1, 0.15) is 46.3 Å². The van der Waals surface area contributed by atoms with Crippen LogP contribution in [0.1, 0.15) is 162 Å². The van der Waals surface area contributed by atoms with Crippen LogP contribution in [0.2, 0.25) is 0 Å². The van der Waals surface area contributed by atoms with Crippen molar-refractivity contribution in [3.63, 3.8) is 0 Å². The second-order valence-corrected chi connectivity index (χ2v) is 33.0. The van der Waals surface area contributed by atoms with Gasteiger partial charge in [0.25, 0.3) is 5.91 Å². The molecule has 5 rings (SSSR count). The van der Waals surface area contributed by atoms with Crippen LogP contribution in [0.4, 0.5) is 0 Å². The van der Waals surface area contributed by atoms with Crippen molar-refractivity contribution in [2.75, 3.05) is 125 Å². The van der Waals surface area contributed by atoms with Gasteiger partial charge in [-0.2, -0.15) is 9.82 Å². The standard InChI is InChI=1S/C75H118N14O20S/c1-50-41-54(42-51(2)67(50)110(102,103)84-57(71(101)104-15)45-80-68(98)52-21-24-58-53(43-52)44-81-89(58)31-30-77-59-19-16-17-27-76-59)105-40-18-20-60(90)78-28-29-79-69(99)55(23-26-63(94)106-72(3,4)5)83-70(100)56(22-25-62(92)93)82-61(91)46-85-32-34-86(47-64(95)107-73(6,7)8)36-38-88(49-66(97)109-75(12,13)14)39-37-87(35-33-85)48-65(96)108-74(9,10)11/h21,24,41-44,55-57,84H,16-20,22-23,25-40,45-49H2,1-15H3,(H,76,77)(H,78,90)(H,79,99)(H,80,98)(H,82,91)(H,83,100)(H,92,93)/t55-,56-,57-/m0/s1. The number of amidine groups is 1. The number of carbonyl (C=O) groups is 11. The van der Waals surface area contributed by atoms with E-state index in [0.717, 1.165) is 44.3 Å². The molecule has 5 amide bonds. The predicted octanol–water partition coefficient (Wildman–Crippen LogP) is 2.67. The number of aromatic nitrogens is 2. The molecule has 1 aromatic heterocycles. The first kappa shape index (κ1) is 91.7. The lowest BCUT2D eigenvalue weighted by Crippen LogP contribution is -2.56. The number of aliphatic imine (C=N–C) groups is 1. The fourth-order valence-corrected chi connectivity index (χ4v) is 13.5. The monoisotopic (exact) mass is 1570 g/mol. The second kappa shape index (κ2) is 43.1. The van der Waals surface area contributed by atoms with Crippen LogP contribution in [0.3, 0.4) is 0 Å². The highest BCUT2D eigenvalue weighted by Gasteiger charge is 2.34. The van der Waals surface area contributed by atoms with Gasteiger partial charge >= 0.3 is 35.8 Å². The van der Waals surface area contributed by atoms with Crippen molar-refractivity contribution >= 4 is 92.1 Å². The summed E-state index contributed by atoms with van der Waals surface area (Å²) < 4.78 is 65.4. The number of carboxylic acids is 1. The first-order valence-electron chi connectivity index (χ1n) is 37.4. The maximum atomic E-state index is 14.3. The summed E-state index contributed by atoms with van der Waals surface area (Å²) in [5.74, 6) is -6.53. The molecule has 0 spiro atoms. The Labute approximate surface area is 645 Å². The van der Waals surface area contributed by atoms with Gasteiger partial charge in [0.15, 0.2) is 0 Å². The predicted molar refractivity (Wildman–Crippen MR) is 408 cm³/mol. The topological polar surface area (TPSA) is 425 Å². The molecule has 0 bridgehead atoms. The Bertz CT molecular complexity index is 3730. The Morgan fingerprint density at radius 1 is 0.573 bits per heavy atom. The smallest absolute Gasteiger partial charge is 0.325 e. The number of benzene rings is 2. The summed E-state index contributed by atoms with van der Waals surface area (Å²) in [6, 6.07) is 3.54. The van der Waals surface area contributed by atoms with Gasteiger partial charge in [0.2, 0.25) is 33.7 Å². The summed E-state index contributed by atoms with van der Waals surface area (Å²) in [5, 5.41) is 31.6. The Balaban J connectivity index is 1.18. The molecule has 0 saturated carbocycles. The van der Waals surface area contributed by atoms with Gasteiger partial charge in [-0.15, -0.1) is 0 Å². The van der Waals surface area contributed by atoms with Crippen LogP contribution in [-0.4, -0.2) is 280 Å². The lowest BCUT2D eigenvalue weighted by atomic mass is 10.1. The van der Waals surface area contributed by atoms with Gasteiger partial charge < -0.3 is 65.4 Å². The summed E-state index contributed by atoms with van der Waals surface area (Å²) in [6.45, 7) is 26.3. The number of sulfonamides is 1. The molecule has 3 aromatic rings. The average Bonchev–Trinajstić information content (AvgIpc) is 0.817. The minimum absolute atomic E-state index is 0.0260. The molecular formula is C75H118N14O20S. The van der Waals surface area contributed by atoms with Crippen molar-refractivity contribution in [1.82, 2.24) is 66.0 Å². The summed E-state index contributed by atoms with van der Waals surface area (Å²) in [4.78, 5) is 159. The van der Waals surface area contributed by atoms with Crippen LogP contribution >= 0.6 is 0 Å². The highest BCUT2D eigenvalue weighted by molar-refractivity contribution is 7.89. The zero-order chi connectivity index (χ0) is 81.7. The maximum Gasteiger partial charge on any atom is 0.325 e. The first-order valence-corrected chi connectivity index (χ1v) is 38.9. The van der Waals surface area contributed by atoms with Crippen LogP contribution in [0.15, 0.2) is 46.4 Å². The number of hydrogen-bond acceptors (Lipinski definition) is 26. The first-order chi connectivity index (χ1) is 51.4. The third-order valence-corrected chi connectivity index (χ3v) is 18.6. The van der Waals surface area contributed by atoms with Gasteiger partial charge in [0, 0.05) is 122 Å². The van der Waals surface area contributed by atoms with Gasteiger partial charge in [-0.1, -0.05) is 0 Å². The molecule has 2 aliphatic rings. The van der Waals surface area contributed by atoms with E-state index < -0.39 is 135 Å². The molecule has 8 N–H and O–H groups in total. The number of methoxy groups -OCH3 is 1. The van der Waals surface area contributed by atoms with E-state index >= 15 is 0 Å². The van der Waals surface area contributed by atoms with Crippen molar-refractivity contribution in [2.45, 2.75) is 207 Å². The number of hydrogen-bond donors (Lipinski definition) is 8. The molecule has 3 heterocycles. The Morgan fingerprint density at radius 2 is 1.08 bits per heavy atom.